The van der Waals surface area contributed by atoms with Gasteiger partial charge in [0, 0.05) is 19.5 Å². The van der Waals surface area contributed by atoms with Gasteiger partial charge in [0.15, 0.2) is 0 Å². The molecule has 5 amide bonds. The van der Waals surface area contributed by atoms with Crippen LogP contribution in [0, 0.1) is 5.82 Å². The van der Waals surface area contributed by atoms with Gasteiger partial charge in [-0.15, -0.1) is 0 Å². The quantitative estimate of drug-likeness (QED) is 0.235. The third kappa shape index (κ3) is 6.50. The molecule has 14 heteroatoms. The number of primary amides is 2. The van der Waals surface area contributed by atoms with Crippen LogP contribution in [0.15, 0.2) is 24.3 Å². The molecule has 2 aliphatic rings. The van der Waals surface area contributed by atoms with Gasteiger partial charge in [-0.05, 0) is 57.2 Å². The zero-order valence-corrected chi connectivity index (χ0v) is 22.4. The van der Waals surface area contributed by atoms with E-state index in [0.29, 0.717) is 18.4 Å². The van der Waals surface area contributed by atoms with E-state index >= 15 is 0 Å². The Hall–Kier alpha value is -3.78. The van der Waals surface area contributed by atoms with Crippen LogP contribution in [0.3, 0.4) is 0 Å². The number of amides is 5. The summed E-state index contributed by atoms with van der Waals surface area (Å²) in [5, 5.41) is 22.5. The molecule has 3 rings (SSSR count). The van der Waals surface area contributed by atoms with Crippen molar-refractivity contribution < 1.29 is 43.3 Å². The largest absolute Gasteiger partial charge is 0.433 e. The van der Waals surface area contributed by atoms with Crippen LogP contribution in [0.4, 0.5) is 9.18 Å². The maximum atomic E-state index is 14.1. The molecular weight excluding hydrogens is 529 g/mol. The first-order valence-electron chi connectivity index (χ1n) is 13.1. The summed E-state index contributed by atoms with van der Waals surface area (Å²) in [6, 6.07) is 3.03. The van der Waals surface area contributed by atoms with E-state index in [0.717, 1.165) is 0 Å². The summed E-state index contributed by atoms with van der Waals surface area (Å²) >= 11 is 0. The maximum Gasteiger partial charge on any atom is 0.405 e. The van der Waals surface area contributed by atoms with E-state index in [2.05, 4.69) is 5.32 Å². The van der Waals surface area contributed by atoms with E-state index in [9.17, 15) is 38.6 Å². The molecule has 1 aromatic rings. The van der Waals surface area contributed by atoms with Crippen LogP contribution >= 0.6 is 0 Å². The number of nitrogens with zero attached hydrogens (tertiary/aromatic N) is 2. The van der Waals surface area contributed by atoms with Gasteiger partial charge in [0.25, 0.3) is 5.91 Å². The van der Waals surface area contributed by atoms with Gasteiger partial charge >= 0.3 is 6.09 Å². The maximum absolute atomic E-state index is 14.1. The van der Waals surface area contributed by atoms with E-state index in [1.54, 1.807) is 6.07 Å². The van der Waals surface area contributed by atoms with Gasteiger partial charge in [0.1, 0.15) is 23.4 Å². The second-order valence-electron chi connectivity index (χ2n) is 10.3. The molecule has 13 nitrogen and oxygen atoms in total. The number of carbonyl (C=O) groups excluding carboxylic acids is 5. The summed E-state index contributed by atoms with van der Waals surface area (Å²) in [4.78, 5) is 66.9. The SMILES string of the molecule is C[C@@H](O)[C@H](NC(=O)[C@@]1(Cc2cccc(F)c2)CCCN1C(=O)C1CCCN1C(=O)[C@@H](OC(N)=O)[C@@H](C)O)C(N)=O. The van der Waals surface area contributed by atoms with E-state index < -0.39 is 71.5 Å². The van der Waals surface area contributed by atoms with Crippen LogP contribution in [-0.4, -0.2) is 98.8 Å². The van der Waals surface area contributed by atoms with Gasteiger partial charge in [-0.25, -0.2) is 9.18 Å². The van der Waals surface area contributed by atoms with Crippen molar-refractivity contribution in [1.29, 1.82) is 0 Å². The van der Waals surface area contributed by atoms with E-state index in [1.807, 2.05) is 0 Å². The van der Waals surface area contributed by atoms with Crippen molar-refractivity contribution in [3.8, 4) is 0 Å². The van der Waals surface area contributed by atoms with Gasteiger partial charge in [-0.2, -0.15) is 0 Å². The molecule has 220 valence electrons. The molecule has 40 heavy (non-hydrogen) atoms. The molecule has 0 spiro atoms. The molecule has 1 aromatic carbocycles. The molecular formula is C26H36FN5O8. The van der Waals surface area contributed by atoms with Crippen molar-refractivity contribution in [3.05, 3.63) is 35.6 Å². The number of hydrogen-bond acceptors (Lipinski definition) is 8. The summed E-state index contributed by atoms with van der Waals surface area (Å²) < 4.78 is 18.9. The molecule has 0 aromatic heterocycles. The normalized spacial score (nSPS) is 23.7. The van der Waals surface area contributed by atoms with Crippen molar-refractivity contribution in [3.63, 3.8) is 0 Å². The van der Waals surface area contributed by atoms with E-state index in [1.165, 1.54) is 41.8 Å². The Morgan fingerprint density at radius 3 is 2.40 bits per heavy atom. The van der Waals surface area contributed by atoms with Crippen molar-refractivity contribution >= 4 is 29.7 Å². The number of rotatable bonds is 10. The lowest BCUT2D eigenvalue weighted by Gasteiger charge is -2.41. The average molecular weight is 566 g/mol. The summed E-state index contributed by atoms with van der Waals surface area (Å²) in [5.41, 5.74) is 9.25. The van der Waals surface area contributed by atoms with Crippen molar-refractivity contribution in [2.75, 3.05) is 13.1 Å². The molecule has 0 saturated carbocycles. The topological polar surface area (TPSA) is 206 Å². The van der Waals surface area contributed by atoms with Gasteiger partial charge in [-0.3, -0.25) is 19.2 Å². The monoisotopic (exact) mass is 565 g/mol. The molecule has 0 bridgehead atoms. The minimum atomic E-state index is -1.63. The number of nitrogens with two attached hydrogens (primary N) is 2. The first-order chi connectivity index (χ1) is 18.8. The molecule has 0 radical (unpaired) electrons. The minimum absolute atomic E-state index is 0.116. The van der Waals surface area contributed by atoms with Crippen LogP contribution < -0.4 is 16.8 Å². The molecule has 7 N–H and O–H groups in total. The summed E-state index contributed by atoms with van der Waals surface area (Å²) in [5.74, 6) is -3.68. The van der Waals surface area contributed by atoms with Gasteiger partial charge in [-0.1, -0.05) is 12.1 Å². The molecule has 2 heterocycles. The number of hydrogen-bond donors (Lipinski definition) is 5. The van der Waals surface area contributed by atoms with Crippen molar-refractivity contribution in [2.45, 2.75) is 81.9 Å². The molecule has 0 aliphatic carbocycles. The third-order valence-corrected chi connectivity index (χ3v) is 7.38. The molecule has 6 atom stereocenters. The number of aliphatic hydroxyl groups is 2. The fourth-order valence-electron chi connectivity index (χ4n) is 5.50. The number of ether oxygens (including phenoxy) is 1. The van der Waals surface area contributed by atoms with Gasteiger partial charge in [0.2, 0.25) is 23.8 Å². The molecule has 1 unspecified atom stereocenters. The van der Waals surface area contributed by atoms with Crippen LogP contribution in [0.5, 0.6) is 0 Å². The number of carbonyl (C=O) groups is 5. The predicted molar refractivity (Wildman–Crippen MR) is 137 cm³/mol. The lowest BCUT2D eigenvalue weighted by atomic mass is 9.86. The highest BCUT2D eigenvalue weighted by atomic mass is 19.1. The Labute approximate surface area is 230 Å². The van der Waals surface area contributed by atoms with E-state index in [-0.39, 0.29) is 32.4 Å². The van der Waals surface area contributed by atoms with Gasteiger partial charge in [0.05, 0.1) is 12.2 Å². The highest BCUT2D eigenvalue weighted by Gasteiger charge is 2.53. The number of halogens is 1. The summed E-state index contributed by atoms with van der Waals surface area (Å²) in [6.45, 7) is 2.77. The fraction of sp³-hybridized carbons (Fsp3) is 0.577. The highest BCUT2D eigenvalue weighted by molar-refractivity contribution is 5.98. The van der Waals surface area contributed by atoms with Gasteiger partial charge < -0.3 is 41.5 Å². The Morgan fingerprint density at radius 1 is 1.12 bits per heavy atom. The Kier molecular flexibility index (Phi) is 9.69. The second kappa shape index (κ2) is 12.6. The standard InChI is InChI=1S/C26H36FN5O8/c1-14(33)19(21(28)35)30-24(38)26(13-16-6-3-7-17(27)12-16)9-5-11-32(26)22(36)18-8-4-10-31(18)23(37)20(15(2)34)40-25(29)39/h3,6-7,12,14-15,18-20,33-34H,4-5,8-11,13H2,1-2H3,(H2,28,35)(H2,29,39)(H,30,38)/t14-,15-,18?,19+,20+,26+/m1/s1. The first kappa shape index (κ1) is 30.8. The third-order valence-electron chi connectivity index (χ3n) is 7.38. The summed E-state index contributed by atoms with van der Waals surface area (Å²) in [7, 11) is 0. The van der Waals surface area contributed by atoms with Crippen molar-refractivity contribution in [1.82, 2.24) is 15.1 Å². The van der Waals surface area contributed by atoms with Crippen LogP contribution in [0.1, 0.15) is 45.1 Å². The Morgan fingerprint density at radius 2 is 1.82 bits per heavy atom. The lowest BCUT2D eigenvalue weighted by Crippen LogP contribution is -2.65. The van der Waals surface area contributed by atoms with Crippen molar-refractivity contribution in [2.24, 2.45) is 11.5 Å². The number of nitrogens with one attached hydrogen (secondary N) is 1. The second-order valence-corrected chi connectivity index (χ2v) is 10.3. The Bertz CT molecular complexity index is 1150. The number of likely N-dealkylation sites (tertiary alicyclic amines) is 2. The average Bonchev–Trinajstić information content (AvgIpc) is 3.52. The molecule has 2 saturated heterocycles. The fourth-order valence-corrected chi connectivity index (χ4v) is 5.50. The minimum Gasteiger partial charge on any atom is -0.433 e. The van der Waals surface area contributed by atoms with Crippen LogP contribution in [-0.2, 0) is 30.3 Å². The molecule has 2 aliphatic heterocycles. The zero-order chi connectivity index (χ0) is 29.8. The predicted octanol–water partition coefficient (Wildman–Crippen LogP) is -1.08. The highest BCUT2D eigenvalue weighted by Crippen LogP contribution is 2.36. The zero-order valence-electron chi connectivity index (χ0n) is 22.4. The van der Waals surface area contributed by atoms with Crippen LogP contribution in [0.25, 0.3) is 0 Å². The molecule has 2 fully saturated rings. The van der Waals surface area contributed by atoms with E-state index in [4.69, 9.17) is 16.2 Å². The Balaban J connectivity index is 1.98. The summed E-state index contributed by atoms with van der Waals surface area (Å²) in [6.07, 6.45) is -4.57. The smallest absolute Gasteiger partial charge is 0.405 e. The lowest BCUT2D eigenvalue weighted by molar-refractivity contribution is -0.156. The number of benzene rings is 1. The van der Waals surface area contributed by atoms with Crippen LogP contribution in [0.2, 0.25) is 0 Å². The number of aliphatic hydroxyl groups excluding tert-OH is 2. The first-order valence-corrected chi connectivity index (χ1v) is 13.1.